The summed E-state index contributed by atoms with van der Waals surface area (Å²) in [5.41, 5.74) is 5.67. The molecule has 3 aromatic carbocycles. The van der Waals surface area contributed by atoms with Gasteiger partial charge in [0.15, 0.2) is 5.78 Å². The van der Waals surface area contributed by atoms with Crippen molar-refractivity contribution in [3.63, 3.8) is 0 Å². The van der Waals surface area contributed by atoms with Crippen LogP contribution in [0.1, 0.15) is 27.0 Å². The molecule has 3 N–H and O–H groups in total. The number of H-pyrrole nitrogens is 1. The number of rotatable bonds is 10. The number of para-hydroxylation sites is 1. The third-order valence-electron chi connectivity index (χ3n) is 6.66. The van der Waals surface area contributed by atoms with Crippen LogP contribution >= 0.6 is 0 Å². The Morgan fingerprint density at radius 2 is 1.92 bits per heavy atom. The number of aromatic amines is 1. The molecule has 0 amide bonds. The van der Waals surface area contributed by atoms with Gasteiger partial charge in [0.25, 0.3) is 0 Å². The number of hydrogen-bond donors (Lipinski definition) is 3. The molecule has 0 unspecified atom stereocenters. The van der Waals surface area contributed by atoms with E-state index in [9.17, 15) is 14.3 Å². The van der Waals surface area contributed by atoms with Crippen LogP contribution in [-0.2, 0) is 13.0 Å². The van der Waals surface area contributed by atoms with Crippen molar-refractivity contribution in [2.24, 2.45) is 0 Å². The van der Waals surface area contributed by atoms with Crippen molar-refractivity contribution in [1.82, 2.24) is 14.9 Å². The summed E-state index contributed by atoms with van der Waals surface area (Å²) in [5, 5.41) is 15.9. The van der Waals surface area contributed by atoms with Crippen molar-refractivity contribution < 1.29 is 14.3 Å². The number of hydrogen-bond acceptors (Lipinski definition) is 3. The molecule has 0 saturated carbocycles. The van der Waals surface area contributed by atoms with E-state index in [-0.39, 0.29) is 11.6 Å². The minimum atomic E-state index is -0.595. The van der Waals surface area contributed by atoms with E-state index in [1.54, 1.807) is 18.2 Å². The summed E-state index contributed by atoms with van der Waals surface area (Å²) < 4.78 is 15.6. The number of aromatic nitrogens is 2. The molecule has 5 rings (SSSR count). The van der Waals surface area contributed by atoms with E-state index in [2.05, 4.69) is 10.3 Å². The van der Waals surface area contributed by atoms with E-state index >= 15 is 0 Å². The standard InChI is InChI=1S/C31H30FN3O2/c1-21-6-8-22(9-7-21)31(37)13-10-24-19-35(30-5-3-2-4-27(24)30)20-26(36)18-33-15-14-23-17-34-29-12-11-25(32)16-28(23)29/h2-13,16-17,19,26,33-34,36H,14-15,18,20H2,1H3/b13-10+/t26-/m1/s1. The molecule has 5 aromatic rings. The lowest BCUT2D eigenvalue weighted by molar-refractivity contribution is 0.104. The summed E-state index contributed by atoms with van der Waals surface area (Å²) in [6.45, 7) is 3.52. The van der Waals surface area contributed by atoms with E-state index in [4.69, 9.17) is 0 Å². The average Bonchev–Trinajstić information content (AvgIpc) is 3.46. The fourth-order valence-corrected chi connectivity index (χ4v) is 4.68. The lowest BCUT2D eigenvalue weighted by Crippen LogP contribution is -2.31. The summed E-state index contributed by atoms with van der Waals surface area (Å²) in [7, 11) is 0. The van der Waals surface area contributed by atoms with Crippen LogP contribution in [0.25, 0.3) is 27.9 Å². The van der Waals surface area contributed by atoms with Crippen molar-refractivity contribution in [2.45, 2.75) is 26.0 Å². The Bertz CT molecular complexity index is 1560. The second-order valence-electron chi connectivity index (χ2n) is 9.43. The summed E-state index contributed by atoms with van der Waals surface area (Å²) in [5.74, 6) is -0.289. The maximum atomic E-state index is 13.6. The molecular weight excluding hydrogens is 465 g/mol. The largest absolute Gasteiger partial charge is 0.390 e. The van der Waals surface area contributed by atoms with Crippen LogP contribution in [0.15, 0.2) is 85.2 Å². The van der Waals surface area contributed by atoms with Gasteiger partial charge in [0.05, 0.1) is 6.10 Å². The molecule has 0 aliphatic rings. The predicted molar refractivity (Wildman–Crippen MR) is 147 cm³/mol. The molecule has 0 saturated heterocycles. The van der Waals surface area contributed by atoms with Crippen LogP contribution in [0, 0.1) is 12.7 Å². The van der Waals surface area contributed by atoms with Gasteiger partial charge in [-0.25, -0.2) is 4.39 Å². The Morgan fingerprint density at radius 1 is 1.11 bits per heavy atom. The predicted octanol–water partition coefficient (Wildman–Crippen LogP) is 5.66. The van der Waals surface area contributed by atoms with Crippen LogP contribution in [0.2, 0.25) is 0 Å². The molecular formula is C31H30FN3O2. The number of carbonyl (C=O) groups is 1. The Morgan fingerprint density at radius 3 is 2.76 bits per heavy atom. The number of aliphatic hydroxyl groups excluding tert-OH is 1. The number of carbonyl (C=O) groups excluding carboxylic acids is 1. The quantitative estimate of drug-likeness (QED) is 0.133. The lowest BCUT2D eigenvalue weighted by atomic mass is 10.1. The van der Waals surface area contributed by atoms with Gasteiger partial charge >= 0.3 is 0 Å². The minimum Gasteiger partial charge on any atom is -0.390 e. The van der Waals surface area contributed by atoms with Crippen molar-refractivity contribution in [1.29, 1.82) is 0 Å². The molecule has 188 valence electrons. The van der Waals surface area contributed by atoms with E-state index in [0.29, 0.717) is 25.2 Å². The summed E-state index contributed by atoms with van der Waals surface area (Å²) in [6.07, 6.45) is 7.47. The smallest absolute Gasteiger partial charge is 0.185 e. The number of nitrogens with zero attached hydrogens (tertiary/aromatic N) is 1. The number of halogens is 1. The number of nitrogens with one attached hydrogen (secondary N) is 2. The van der Waals surface area contributed by atoms with Gasteiger partial charge in [0.1, 0.15) is 5.82 Å². The lowest BCUT2D eigenvalue weighted by Gasteiger charge is -2.13. The summed E-state index contributed by atoms with van der Waals surface area (Å²) >= 11 is 0. The van der Waals surface area contributed by atoms with Crippen LogP contribution in [-0.4, -0.2) is 39.6 Å². The monoisotopic (exact) mass is 495 g/mol. The highest BCUT2D eigenvalue weighted by Gasteiger charge is 2.12. The normalized spacial score (nSPS) is 12.6. The van der Waals surface area contributed by atoms with Crippen LogP contribution in [0.4, 0.5) is 4.39 Å². The zero-order valence-electron chi connectivity index (χ0n) is 20.7. The van der Waals surface area contributed by atoms with Gasteiger partial charge in [0, 0.05) is 58.4 Å². The van der Waals surface area contributed by atoms with E-state index in [1.807, 2.05) is 78.5 Å². The maximum absolute atomic E-state index is 13.6. The average molecular weight is 496 g/mol. The van der Waals surface area contributed by atoms with Crippen LogP contribution in [0.3, 0.4) is 0 Å². The van der Waals surface area contributed by atoms with Gasteiger partial charge in [-0.15, -0.1) is 0 Å². The van der Waals surface area contributed by atoms with Crippen molar-refractivity contribution >= 4 is 33.7 Å². The Kier molecular flexibility index (Phi) is 7.30. The van der Waals surface area contributed by atoms with Gasteiger partial charge in [-0.05, 0) is 61.9 Å². The molecule has 0 spiro atoms. The van der Waals surface area contributed by atoms with Crippen molar-refractivity contribution in [3.05, 3.63) is 113 Å². The number of allylic oxidation sites excluding steroid dienone is 1. The Balaban J connectivity index is 1.21. The first-order chi connectivity index (χ1) is 18.0. The zero-order chi connectivity index (χ0) is 25.8. The van der Waals surface area contributed by atoms with Gasteiger partial charge in [-0.2, -0.15) is 0 Å². The number of benzene rings is 3. The third kappa shape index (κ3) is 5.71. The van der Waals surface area contributed by atoms with Gasteiger partial charge in [-0.3, -0.25) is 4.79 Å². The molecule has 0 aliphatic heterocycles. The molecule has 5 nitrogen and oxygen atoms in total. The highest BCUT2D eigenvalue weighted by Crippen LogP contribution is 2.23. The highest BCUT2D eigenvalue weighted by molar-refractivity contribution is 6.07. The highest BCUT2D eigenvalue weighted by atomic mass is 19.1. The van der Waals surface area contributed by atoms with Crippen molar-refractivity contribution in [3.8, 4) is 0 Å². The SMILES string of the molecule is Cc1ccc(C(=O)/C=C/c2cn(C[C@H](O)CNCCc3c[nH]c4ccc(F)cc34)c3ccccc23)cc1. The Labute approximate surface area is 215 Å². The van der Waals surface area contributed by atoms with Gasteiger partial charge < -0.3 is 20.0 Å². The zero-order valence-corrected chi connectivity index (χ0v) is 20.7. The molecule has 0 radical (unpaired) electrons. The molecule has 1 atom stereocenters. The number of aryl methyl sites for hydroxylation is 1. The first-order valence-electron chi connectivity index (χ1n) is 12.5. The van der Waals surface area contributed by atoms with E-state index in [1.165, 1.54) is 6.07 Å². The van der Waals surface area contributed by atoms with Gasteiger partial charge in [-0.1, -0.05) is 48.0 Å². The number of ketones is 1. The Hall–Kier alpha value is -4.00. The first-order valence-corrected chi connectivity index (χ1v) is 12.5. The van der Waals surface area contributed by atoms with E-state index < -0.39 is 6.10 Å². The summed E-state index contributed by atoms with van der Waals surface area (Å²) in [4.78, 5) is 15.8. The molecule has 0 aliphatic carbocycles. The fraction of sp³-hybridized carbons (Fsp3) is 0.194. The summed E-state index contributed by atoms with van der Waals surface area (Å²) in [6, 6.07) is 20.3. The second kappa shape index (κ2) is 10.9. The van der Waals surface area contributed by atoms with E-state index in [0.717, 1.165) is 44.9 Å². The molecule has 6 heteroatoms. The van der Waals surface area contributed by atoms with Gasteiger partial charge in [0.2, 0.25) is 0 Å². The molecule has 0 bridgehead atoms. The maximum Gasteiger partial charge on any atom is 0.185 e. The van der Waals surface area contributed by atoms with Crippen LogP contribution in [0.5, 0.6) is 0 Å². The molecule has 2 heterocycles. The third-order valence-corrected chi connectivity index (χ3v) is 6.66. The fourth-order valence-electron chi connectivity index (χ4n) is 4.68. The molecule has 0 fully saturated rings. The topological polar surface area (TPSA) is 70.1 Å². The molecule has 37 heavy (non-hydrogen) atoms. The first kappa shape index (κ1) is 24.7. The number of aliphatic hydroxyl groups is 1. The van der Waals surface area contributed by atoms with Crippen LogP contribution < -0.4 is 5.32 Å². The molecule has 2 aromatic heterocycles. The number of fused-ring (bicyclic) bond motifs is 2. The second-order valence-corrected chi connectivity index (χ2v) is 9.43. The minimum absolute atomic E-state index is 0.0426. The van der Waals surface area contributed by atoms with Crippen molar-refractivity contribution in [2.75, 3.05) is 13.1 Å².